The maximum atomic E-state index is 12.4. The molecule has 28 heavy (non-hydrogen) atoms. The van der Waals surface area contributed by atoms with E-state index in [1.807, 2.05) is 13.8 Å². The van der Waals surface area contributed by atoms with Crippen molar-refractivity contribution < 1.29 is 23.1 Å². The molecule has 1 heterocycles. The number of hydrogen-bond acceptors (Lipinski definition) is 5. The summed E-state index contributed by atoms with van der Waals surface area (Å²) in [7, 11) is -3.83. The Morgan fingerprint density at radius 1 is 0.821 bits per heavy atom. The molecule has 0 spiro atoms. The van der Waals surface area contributed by atoms with E-state index in [0.717, 1.165) is 0 Å². The molecule has 5 nitrogen and oxygen atoms in total. The van der Waals surface area contributed by atoms with Crippen molar-refractivity contribution in [1.82, 2.24) is 0 Å². The van der Waals surface area contributed by atoms with E-state index in [0.29, 0.717) is 13.2 Å². The molecule has 0 aliphatic carbocycles. The number of carbonyl (C=O) groups excluding carboxylic acids is 1. The van der Waals surface area contributed by atoms with E-state index >= 15 is 0 Å². The predicted molar refractivity (Wildman–Crippen MR) is 120 cm³/mol. The van der Waals surface area contributed by atoms with Gasteiger partial charge in [0.15, 0.2) is 22.4 Å². The first-order valence-corrected chi connectivity index (χ1v) is 16.3. The van der Waals surface area contributed by atoms with Crippen LogP contribution in [-0.4, -0.2) is 54.1 Å². The van der Waals surface area contributed by atoms with Gasteiger partial charge in [-0.2, -0.15) is 0 Å². The second-order valence-corrected chi connectivity index (χ2v) is 21.0. The van der Waals surface area contributed by atoms with Crippen molar-refractivity contribution in [1.29, 1.82) is 0 Å². The minimum Gasteiger partial charge on any atom is -0.414 e. The van der Waals surface area contributed by atoms with Gasteiger partial charge in [0.2, 0.25) is 6.29 Å². The lowest BCUT2D eigenvalue weighted by Crippen LogP contribution is -2.46. The Morgan fingerprint density at radius 3 is 1.39 bits per heavy atom. The average Bonchev–Trinajstić information content (AvgIpc) is 2.91. The van der Waals surface area contributed by atoms with E-state index in [9.17, 15) is 4.79 Å². The molecule has 0 aromatic rings. The lowest BCUT2D eigenvalue weighted by atomic mass is 10.1. The number of ether oxygens (including phenoxy) is 2. The first-order valence-electron chi connectivity index (χ1n) is 10.5. The number of ketones is 1. The van der Waals surface area contributed by atoms with Crippen molar-refractivity contribution in [3.8, 4) is 0 Å². The molecule has 0 bridgehead atoms. The van der Waals surface area contributed by atoms with Crippen LogP contribution in [0.4, 0.5) is 0 Å². The first kappa shape index (κ1) is 26.0. The molecule has 1 fully saturated rings. The van der Waals surface area contributed by atoms with Crippen LogP contribution in [0.1, 0.15) is 55.4 Å². The Labute approximate surface area is 175 Å². The third kappa shape index (κ3) is 6.47. The van der Waals surface area contributed by atoms with Gasteiger partial charge in [-0.15, -0.1) is 0 Å². The van der Waals surface area contributed by atoms with Gasteiger partial charge in [-0.25, -0.2) is 0 Å². The summed E-state index contributed by atoms with van der Waals surface area (Å²) in [4.78, 5) is 12.4. The summed E-state index contributed by atoms with van der Waals surface area (Å²) in [6, 6.07) is 0. The maximum Gasteiger partial charge on any atom is 0.218 e. The van der Waals surface area contributed by atoms with Gasteiger partial charge in [0, 0.05) is 5.92 Å². The minimum absolute atomic E-state index is 0.0212. The zero-order chi connectivity index (χ0) is 22.1. The molecule has 0 aromatic heterocycles. The Morgan fingerprint density at radius 2 is 1.14 bits per heavy atom. The number of hydrogen-bond donors (Lipinski definition) is 0. The first-order chi connectivity index (χ1) is 12.4. The average molecular weight is 433 g/mol. The number of carbonyl (C=O) groups is 1. The molecular formula is C21H44O5Si2. The highest BCUT2D eigenvalue weighted by atomic mass is 28.4. The van der Waals surface area contributed by atoms with Crippen LogP contribution in [0.15, 0.2) is 0 Å². The van der Waals surface area contributed by atoms with Crippen molar-refractivity contribution in [3.05, 3.63) is 0 Å². The van der Waals surface area contributed by atoms with E-state index in [4.69, 9.17) is 18.3 Å². The summed E-state index contributed by atoms with van der Waals surface area (Å²) >= 11 is 0. The second-order valence-electron chi connectivity index (χ2n) is 11.4. The van der Waals surface area contributed by atoms with E-state index in [1.165, 1.54) is 0 Å². The quantitative estimate of drug-likeness (QED) is 0.483. The van der Waals surface area contributed by atoms with Crippen molar-refractivity contribution in [2.75, 3.05) is 13.2 Å². The normalized spacial score (nSPS) is 22.9. The van der Waals surface area contributed by atoms with Gasteiger partial charge >= 0.3 is 0 Å². The Bertz CT molecular complexity index is 494. The van der Waals surface area contributed by atoms with Crippen LogP contribution in [0.25, 0.3) is 0 Å². The summed E-state index contributed by atoms with van der Waals surface area (Å²) in [6.45, 7) is 26.8. The topological polar surface area (TPSA) is 54.0 Å². The molecule has 1 saturated heterocycles. The zero-order valence-electron chi connectivity index (χ0n) is 20.3. The molecule has 0 amide bonds. The molecule has 0 aromatic carbocycles. The SMILES string of the molecule is CC(C)C(=O)C1O[C@H](CO[Si](C)(C)C(C)(C)C)[C@@H](CO[Si](C)(C)C(C)(C)C)O1. The van der Waals surface area contributed by atoms with E-state index in [2.05, 4.69) is 67.7 Å². The third-order valence-corrected chi connectivity index (χ3v) is 15.6. The smallest absolute Gasteiger partial charge is 0.218 e. The van der Waals surface area contributed by atoms with E-state index in [1.54, 1.807) is 0 Å². The molecule has 166 valence electrons. The van der Waals surface area contributed by atoms with Crippen LogP contribution >= 0.6 is 0 Å². The number of Topliss-reactive ketones (excluding diaryl/α,β-unsaturated/α-hetero) is 1. The van der Waals surface area contributed by atoms with Crippen LogP contribution in [0.2, 0.25) is 36.3 Å². The highest BCUT2D eigenvalue weighted by Crippen LogP contribution is 2.39. The molecule has 0 unspecified atom stereocenters. The summed E-state index contributed by atoms with van der Waals surface area (Å²) in [6.07, 6.45) is -1.39. The second kappa shape index (κ2) is 8.98. The van der Waals surface area contributed by atoms with Crippen LogP contribution in [0.5, 0.6) is 0 Å². The molecule has 2 atom stereocenters. The third-order valence-electron chi connectivity index (χ3n) is 6.64. The summed E-state index contributed by atoms with van der Waals surface area (Å²) < 4.78 is 24.8. The van der Waals surface area contributed by atoms with Crippen LogP contribution in [0, 0.1) is 5.92 Å². The molecular weight excluding hydrogens is 388 g/mol. The van der Waals surface area contributed by atoms with Gasteiger partial charge in [0.1, 0.15) is 12.2 Å². The highest BCUT2D eigenvalue weighted by Gasteiger charge is 2.45. The van der Waals surface area contributed by atoms with Crippen molar-refractivity contribution in [2.24, 2.45) is 5.92 Å². The fraction of sp³-hybridized carbons (Fsp3) is 0.952. The molecule has 1 rings (SSSR count). The summed E-state index contributed by atoms with van der Waals surface area (Å²) in [5.41, 5.74) is 0. The van der Waals surface area contributed by atoms with Crippen molar-refractivity contribution in [3.63, 3.8) is 0 Å². The fourth-order valence-electron chi connectivity index (χ4n) is 2.24. The fourth-order valence-corrected chi connectivity index (χ4v) is 4.27. The van der Waals surface area contributed by atoms with Gasteiger partial charge in [0.05, 0.1) is 13.2 Å². The Hall–Kier alpha value is -0.0562. The van der Waals surface area contributed by atoms with Crippen LogP contribution in [-0.2, 0) is 23.1 Å². The zero-order valence-corrected chi connectivity index (χ0v) is 22.3. The largest absolute Gasteiger partial charge is 0.414 e. The monoisotopic (exact) mass is 432 g/mol. The Kier molecular flexibility index (Phi) is 8.33. The summed E-state index contributed by atoms with van der Waals surface area (Å²) in [5.74, 6) is -0.154. The lowest BCUT2D eigenvalue weighted by Gasteiger charge is -2.38. The van der Waals surface area contributed by atoms with Gasteiger partial charge in [-0.3, -0.25) is 4.79 Å². The summed E-state index contributed by atoms with van der Waals surface area (Å²) in [5, 5.41) is 0.236. The molecule has 0 saturated carbocycles. The number of rotatable bonds is 8. The molecule has 7 heteroatoms. The molecule has 0 radical (unpaired) electrons. The maximum absolute atomic E-state index is 12.4. The van der Waals surface area contributed by atoms with Crippen LogP contribution < -0.4 is 0 Å². The Balaban J connectivity index is 2.88. The van der Waals surface area contributed by atoms with Gasteiger partial charge in [-0.1, -0.05) is 55.4 Å². The molecule has 0 N–H and O–H groups in total. The lowest BCUT2D eigenvalue weighted by molar-refractivity contribution is -0.152. The van der Waals surface area contributed by atoms with Gasteiger partial charge in [0.25, 0.3) is 0 Å². The molecule has 1 aliphatic rings. The van der Waals surface area contributed by atoms with Crippen molar-refractivity contribution >= 4 is 22.4 Å². The minimum atomic E-state index is -1.92. The molecule has 1 aliphatic heterocycles. The van der Waals surface area contributed by atoms with Gasteiger partial charge < -0.3 is 18.3 Å². The highest BCUT2D eigenvalue weighted by molar-refractivity contribution is 6.74. The van der Waals surface area contributed by atoms with Crippen molar-refractivity contribution in [2.45, 2.75) is 110 Å². The van der Waals surface area contributed by atoms with Gasteiger partial charge in [-0.05, 0) is 36.3 Å². The van der Waals surface area contributed by atoms with E-state index in [-0.39, 0.29) is 34.0 Å². The predicted octanol–water partition coefficient (Wildman–Crippen LogP) is 5.37. The van der Waals surface area contributed by atoms with Crippen LogP contribution in [0.3, 0.4) is 0 Å². The van der Waals surface area contributed by atoms with E-state index < -0.39 is 22.9 Å². The standard InChI is InChI=1S/C21H44O5Si2/c1-15(2)18(22)19-25-16(13-23-27(9,10)20(3,4)5)17(26-19)14-24-28(11,12)21(6,7)8/h15-17,19H,13-14H2,1-12H3/t16-,17-/m1/s1.